The van der Waals surface area contributed by atoms with Crippen LogP contribution in [0.1, 0.15) is 34.1 Å². The summed E-state index contributed by atoms with van der Waals surface area (Å²) in [5, 5.41) is 0. The summed E-state index contributed by atoms with van der Waals surface area (Å²) in [4.78, 5) is 26.8. The first kappa shape index (κ1) is 15.1. The van der Waals surface area contributed by atoms with E-state index in [0.717, 1.165) is 13.0 Å². The van der Waals surface area contributed by atoms with Crippen LogP contribution in [-0.4, -0.2) is 48.8 Å². The summed E-state index contributed by atoms with van der Waals surface area (Å²) in [6, 6.07) is 0. The van der Waals surface area contributed by atoms with Crippen molar-refractivity contribution in [2.24, 2.45) is 5.41 Å². The Morgan fingerprint density at radius 1 is 1.06 bits per heavy atom. The van der Waals surface area contributed by atoms with Gasteiger partial charge >= 0.3 is 0 Å². The predicted octanol–water partition coefficient (Wildman–Crippen LogP) is 1.36. The first-order chi connectivity index (χ1) is 7.16. The van der Waals surface area contributed by atoms with Crippen LogP contribution in [-0.2, 0) is 9.59 Å². The van der Waals surface area contributed by atoms with Gasteiger partial charge in [-0.2, -0.15) is 0 Å². The fraction of sp³-hybridized carbons (Fsp3) is 0.833. The molecule has 0 atom stereocenters. The Hall–Kier alpha value is -0.900. The highest BCUT2D eigenvalue weighted by atomic mass is 16.2. The third-order valence-electron chi connectivity index (χ3n) is 2.25. The first-order valence-electron chi connectivity index (χ1n) is 5.63. The molecule has 0 saturated heterocycles. The van der Waals surface area contributed by atoms with E-state index in [2.05, 4.69) is 0 Å². The third-order valence-corrected chi connectivity index (χ3v) is 2.25. The van der Waals surface area contributed by atoms with Crippen molar-refractivity contribution in [2.75, 3.05) is 27.2 Å². The van der Waals surface area contributed by atoms with Crippen LogP contribution in [0.2, 0.25) is 0 Å². The van der Waals surface area contributed by atoms with E-state index < -0.39 is 5.41 Å². The van der Waals surface area contributed by atoms with Gasteiger partial charge < -0.3 is 4.90 Å². The molecule has 0 N–H and O–H groups in total. The van der Waals surface area contributed by atoms with E-state index in [-0.39, 0.29) is 11.8 Å². The molecule has 4 heteroatoms. The number of rotatable bonds is 4. The highest BCUT2D eigenvalue weighted by molar-refractivity contribution is 5.96. The van der Waals surface area contributed by atoms with Crippen LogP contribution in [0, 0.1) is 5.41 Å². The number of carbonyl (C=O) groups excluding carboxylic acids is 2. The Kier molecular flexibility index (Phi) is 5.65. The van der Waals surface area contributed by atoms with Gasteiger partial charge in [0.25, 0.3) is 0 Å². The van der Waals surface area contributed by atoms with Crippen molar-refractivity contribution in [3.05, 3.63) is 0 Å². The van der Waals surface area contributed by atoms with E-state index >= 15 is 0 Å². The van der Waals surface area contributed by atoms with Crippen LogP contribution in [0.3, 0.4) is 0 Å². The van der Waals surface area contributed by atoms with Crippen LogP contribution >= 0.6 is 0 Å². The number of hydrogen-bond donors (Lipinski definition) is 0. The molecule has 0 unspecified atom stereocenters. The molecule has 0 aliphatic rings. The Bertz CT molecular complexity index is 254. The lowest BCUT2D eigenvalue weighted by Crippen LogP contribution is -2.43. The molecule has 0 aliphatic heterocycles. The van der Waals surface area contributed by atoms with Gasteiger partial charge in [-0.05, 0) is 27.1 Å². The fourth-order valence-electron chi connectivity index (χ4n) is 1.35. The summed E-state index contributed by atoms with van der Waals surface area (Å²) in [7, 11) is 3.95. The summed E-state index contributed by atoms with van der Waals surface area (Å²) in [5.74, 6) is -0.266. The highest BCUT2D eigenvalue weighted by Crippen LogP contribution is 2.17. The summed E-state index contributed by atoms with van der Waals surface area (Å²) in [5.41, 5.74) is -0.496. The molecule has 0 bridgehead atoms. The molecule has 0 aromatic carbocycles. The molecule has 0 heterocycles. The maximum atomic E-state index is 12.0. The van der Waals surface area contributed by atoms with Crippen LogP contribution < -0.4 is 0 Å². The zero-order valence-corrected chi connectivity index (χ0v) is 11.3. The Balaban J connectivity index is 4.41. The summed E-state index contributed by atoms with van der Waals surface area (Å²) in [6.07, 6.45) is 0.814. The molecule has 0 saturated carbocycles. The molecule has 94 valence electrons. The zero-order valence-electron chi connectivity index (χ0n) is 11.3. The molecule has 0 aromatic heterocycles. The second-order valence-electron chi connectivity index (χ2n) is 5.38. The predicted molar refractivity (Wildman–Crippen MR) is 65.0 cm³/mol. The molecule has 0 fully saturated rings. The van der Waals surface area contributed by atoms with Gasteiger partial charge in [0.05, 0.1) is 0 Å². The Labute approximate surface area is 98.6 Å². The summed E-state index contributed by atoms with van der Waals surface area (Å²) in [6.45, 7) is 8.32. The molecule has 16 heavy (non-hydrogen) atoms. The lowest BCUT2D eigenvalue weighted by atomic mass is 9.94. The van der Waals surface area contributed by atoms with E-state index in [1.165, 1.54) is 11.8 Å². The number of amides is 2. The van der Waals surface area contributed by atoms with E-state index in [9.17, 15) is 9.59 Å². The minimum atomic E-state index is -0.496. The molecule has 0 aliphatic carbocycles. The van der Waals surface area contributed by atoms with Gasteiger partial charge in [-0.15, -0.1) is 0 Å². The van der Waals surface area contributed by atoms with Crippen molar-refractivity contribution >= 4 is 11.8 Å². The number of nitrogens with zero attached hydrogens (tertiary/aromatic N) is 2. The maximum Gasteiger partial charge on any atom is 0.234 e. The second-order valence-corrected chi connectivity index (χ2v) is 5.38. The quantitative estimate of drug-likeness (QED) is 0.729. The molecule has 4 nitrogen and oxygen atoms in total. The van der Waals surface area contributed by atoms with E-state index in [0.29, 0.717) is 6.54 Å². The van der Waals surface area contributed by atoms with E-state index in [4.69, 9.17) is 0 Å². The molecule has 0 radical (unpaired) electrons. The first-order valence-corrected chi connectivity index (χ1v) is 5.63. The topological polar surface area (TPSA) is 40.6 Å². The van der Waals surface area contributed by atoms with Gasteiger partial charge in [0.15, 0.2) is 0 Å². The second kappa shape index (κ2) is 5.99. The minimum Gasteiger partial charge on any atom is -0.309 e. The zero-order chi connectivity index (χ0) is 12.9. The Morgan fingerprint density at radius 2 is 1.56 bits per heavy atom. The van der Waals surface area contributed by atoms with Gasteiger partial charge in [-0.25, -0.2) is 0 Å². The lowest BCUT2D eigenvalue weighted by molar-refractivity contribution is -0.149. The van der Waals surface area contributed by atoms with Crippen molar-refractivity contribution in [2.45, 2.75) is 34.1 Å². The largest absolute Gasteiger partial charge is 0.309 e. The van der Waals surface area contributed by atoms with Crippen molar-refractivity contribution in [1.82, 2.24) is 9.80 Å². The molecule has 0 rings (SSSR count). The molecule has 0 aromatic rings. The summed E-state index contributed by atoms with van der Waals surface area (Å²) < 4.78 is 0. The van der Waals surface area contributed by atoms with Crippen molar-refractivity contribution < 1.29 is 9.59 Å². The van der Waals surface area contributed by atoms with Crippen molar-refractivity contribution in [3.8, 4) is 0 Å². The van der Waals surface area contributed by atoms with Crippen LogP contribution in [0.25, 0.3) is 0 Å². The summed E-state index contributed by atoms with van der Waals surface area (Å²) >= 11 is 0. The third kappa shape index (κ3) is 5.26. The van der Waals surface area contributed by atoms with Gasteiger partial charge in [0.2, 0.25) is 11.8 Å². The molecular weight excluding hydrogens is 204 g/mol. The van der Waals surface area contributed by atoms with Crippen molar-refractivity contribution in [3.63, 3.8) is 0 Å². The minimum absolute atomic E-state index is 0.0984. The average Bonchev–Trinajstić information content (AvgIpc) is 2.08. The molecule has 0 spiro atoms. The van der Waals surface area contributed by atoms with Crippen LogP contribution in [0.5, 0.6) is 0 Å². The Morgan fingerprint density at radius 3 is 1.88 bits per heavy atom. The van der Waals surface area contributed by atoms with Gasteiger partial charge in [-0.3, -0.25) is 14.5 Å². The highest BCUT2D eigenvalue weighted by Gasteiger charge is 2.29. The fourth-order valence-corrected chi connectivity index (χ4v) is 1.35. The number of hydrogen-bond acceptors (Lipinski definition) is 3. The van der Waals surface area contributed by atoms with Gasteiger partial charge in [0, 0.05) is 18.9 Å². The van der Waals surface area contributed by atoms with Crippen LogP contribution in [0.4, 0.5) is 0 Å². The standard InChI is InChI=1S/C12H24N2O2/c1-10(15)14(9-7-8-13(5)6)11(16)12(2,3)4/h7-9H2,1-6H3. The van der Waals surface area contributed by atoms with Crippen molar-refractivity contribution in [1.29, 1.82) is 0 Å². The number of imide groups is 1. The monoisotopic (exact) mass is 228 g/mol. The van der Waals surface area contributed by atoms with E-state index in [1.807, 2.05) is 39.8 Å². The molecular formula is C12H24N2O2. The molecule has 2 amide bonds. The van der Waals surface area contributed by atoms with Gasteiger partial charge in [0.1, 0.15) is 0 Å². The van der Waals surface area contributed by atoms with Gasteiger partial charge in [-0.1, -0.05) is 20.8 Å². The number of carbonyl (C=O) groups is 2. The maximum absolute atomic E-state index is 12.0. The average molecular weight is 228 g/mol. The SMILES string of the molecule is CC(=O)N(CCCN(C)C)C(=O)C(C)(C)C. The smallest absolute Gasteiger partial charge is 0.234 e. The van der Waals surface area contributed by atoms with Crippen LogP contribution in [0.15, 0.2) is 0 Å². The lowest BCUT2D eigenvalue weighted by Gasteiger charge is -2.27. The van der Waals surface area contributed by atoms with E-state index in [1.54, 1.807) is 0 Å². The normalized spacial score (nSPS) is 11.7.